The number of aromatic hydroxyl groups is 2. The third kappa shape index (κ3) is 6.50. The highest BCUT2D eigenvalue weighted by Gasteiger charge is 2.40. The van der Waals surface area contributed by atoms with E-state index in [1.165, 1.54) is 11.8 Å². The van der Waals surface area contributed by atoms with Crippen molar-refractivity contribution in [1.29, 1.82) is 0 Å². The van der Waals surface area contributed by atoms with Gasteiger partial charge in [-0.05, 0) is 59.8 Å². The molecule has 0 heterocycles. The first kappa shape index (κ1) is 31.6. The van der Waals surface area contributed by atoms with Crippen LogP contribution in [0.4, 0.5) is 0 Å². The summed E-state index contributed by atoms with van der Waals surface area (Å²) in [4.78, 5) is 1.01. The third-order valence-electron chi connectivity index (χ3n) is 6.72. The van der Waals surface area contributed by atoms with Gasteiger partial charge in [-0.15, -0.1) is 11.8 Å². The van der Waals surface area contributed by atoms with E-state index in [4.69, 9.17) is 0 Å². The van der Waals surface area contributed by atoms with Crippen molar-refractivity contribution in [3.05, 3.63) is 46.5 Å². The zero-order chi connectivity index (χ0) is 29.2. The molecule has 208 valence electrons. The number of rotatable bonds is 4. The molecule has 0 radical (unpaired) electrons. The van der Waals surface area contributed by atoms with Gasteiger partial charge in [0.15, 0.2) is 9.84 Å². The van der Waals surface area contributed by atoms with Crippen molar-refractivity contribution >= 4 is 21.6 Å². The lowest BCUT2D eigenvalue weighted by atomic mass is 9.79. The Labute approximate surface area is 230 Å². The van der Waals surface area contributed by atoms with Gasteiger partial charge in [-0.3, -0.25) is 0 Å². The number of phenolic OH excluding ortho intramolecular Hbond substituents is 2. The average Bonchev–Trinajstić information content (AvgIpc) is 2.65. The van der Waals surface area contributed by atoms with Gasteiger partial charge in [0.25, 0.3) is 0 Å². The molecule has 2 rings (SSSR count). The van der Waals surface area contributed by atoms with Crippen LogP contribution in [0.3, 0.4) is 0 Å². The van der Waals surface area contributed by atoms with E-state index in [1.54, 1.807) is 26.0 Å². The largest absolute Gasteiger partial charge is 0.507 e. The summed E-state index contributed by atoms with van der Waals surface area (Å²) in [5.74, 6) is 0.431. The zero-order valence-corrected chi connectivity index (χ0v) is 27.0. The lowest BCUT2D eigenvalue weighted by Crippen LogP contribution is -2.29. The summed E-state index contributed by atoms with van der Waals surface area (Å²) in [5.41, 5.74) is 1.33. The van der Waals surface area contributed by atoms with Crippen LogP contribution in [0.15, 0.2) is 34.1 Å². The highest BCUT2D eigenvalue weighted by molar-refractivity contribution is 8.14. The molecule has 2 aromatic carbocycles. The van der Waals surface area contributed by atoms with Crippen molar-refractivity contribution in [2.24, 2.45) is 0 Å². The van der Waals surface area contributed by atoms with Crippen LogP contribution in [-0.2, 0) is 31.5 Å². The number of hydrogen-bond donors (Lipinski definition) is 2. The van der Waals surface area contributed by atoms with Gasteiger partial charge in [-0.25, -0.2) is 8.42 Å². The molecule has 4 nitrogen and oxygen atoms in total. The third-order valence-corrected chi connectivity index (χ3v) is 10.7. The highest BCUT2D eigenvalue weighted by atomic mass is 32.3. The first-order valence-electron chi connectivity index (χ1n) is 12.9. The standard InChI is InChI=1S/C31H48O4S2/c1-27(2,3)21-15-19(16-22(25(21)32)28(4,5)6)36-31(13,14)37(34,35)20-17-23(29(7,8)9)26(33)24(18-20)30(10,11)12/h15-18,32-33H,1-14H3. The van der Waals surface area contributed by atoms with Gasteiger partial charge in [0.1, 0.15) is 15.6 Å². The van der Waals surface area contributed by atoms with E-state index >= 15 is 0 Å². The van der Waals surface area contributed by atoms with Crippen LogP contribution in [0.5, 0.6) is 11.5 Å². The number of phenols is 2. The average molecular weight is 549 g/mol. The number of hydrogen-bond acceptors (Lipinski definition) is 5. The maximum Gasteiger partial charge on any atom is 0.193 e. The summed E-state index contributed by atoms with van der Waals surface area (Å²) in [7, 11) is -3.84. The van der Waals surface area contributed by atoms with Gasteiger partial charge < -0.3 is 10.2 Å². The van der Waals surface area contributed by atoms with E-state index in [0.29, 0.717) is 11.1 Å². The van der Waals surface area contributed by atoms with Crippen LogP contribution in [0, 0.1) is 0 Å². The molecule has 6 heteroatoms. The molecule has 37 heavy (non-hydrogen) atoms. The topological polar surface area (TPSA) is 74.6 Å². The maximum absolute atomic E-state index is 14.2. The summed E-state index contributed by atoms with van der Waals surface area (Å²) in [6.07, 6.45) is 0. The van der Waals surface area contributed by atoms with Crippen LogP contribution in [0.25, 0.3) is 0 Å². The molecule has 0 aliphatic carbocycles. The zero-order valence-electron chi connectivity index (χ0n) is 25.3. The van der Waals surface area contributed by atoms with Gasteiger partial charge >= 0.3 is 0 Å². The normalized spacial score (nSPS) is 14.2. The smallest absolute Gasteiger partial charge is 0.193 e. The summed E-state index contributed by atoms with van der Waals surface area (Å²) in [5, 5.41) is 22.2. The Morgan fingerprint density at radius 2 is 0.811 bits per heavy atom. The first-order chi connectivity index (χ1) is 16.2. The van der Waals surface area contributed by atoms with Crippen LogP contribution in [0.1, 0.15) is 119 Å². The van der Waals surface area contributed by atoms with E-state index in [-0.39, 0.29) is 27.2 Å². The minimum absolute atomic E-state index is 0.160. The van der Waals surface area contributed by atoms with Gasteiger partial charge in [-0.2, -0.15) is 0 Å². The van der Waals surface area contributed by atoms with Crippen LogP contribution < -0.4 is 0 Å². The second-order valence-electron chi connectivity index (χ2n) is 14.7. The Hall–Kier alpha value is -1.66. The number of benzene rings is 2. The molecule has 0 bridgehead atoms. The SMILES string of the molecule is CC(C)(C)c1cc(SC(C)(C)S(=O)(=O)c2cc(C(C)(C)C)c(O)c(C(C)(C)C)c2)cc(C(C)(C)C)c1O. The van der Waals surface area contributed by atoms with Gasteiger partial charge in [0.05, 0.1) is 4.90 Å². The Morgan fingerprint density at radius 3 is 1.08 bits per heavy atom. The molecular formula is C31H48O4S2. The van der Waals surface area contributed by atoms with E-state index in [0.717, 1.165) is 16.0 Å². The quantitative estimate of drug-likeness (QED) is 0.374. The van der Waals surface area contributed by atoms with E-state index in [1.807, 2.05) is 95.2 Å². The summed E-state index contributed by atoms with van der Waals surface area (Å²) >= 11 is 1.29. The minimum Gasteiger partial charge on any atom is -0.507 e. The Balaban J connectivity index is 2.77. The van der Waals surface area contributed by atoms with Crippen molar-refractivity contribution in [1.82, 2.24) is 0 Å². The van der Waals surface area contributed by atoms with Crippen LogP contribution in [-0.4, -0.2) is 22.7 Å². The molecule has 0 aliphatic rings. The molecule has 2 aromatic rings. The van der Waals surface area contributed by atoms with Gasteiger partial charge in [-0.1, -0.05) is 83.1 Å². The molecule has 0 saturated heterocycles. The second kappa shape index (κ2) is 9.51. The van der Waals surface area contributed by atoms with E-state index in [9.17, 15) is 18.6 Å². The molecule has 0 fully saturated rings. The lowest BCUT2D eigenvalue weighted by Gasteiger charge is -2.31. The maximum atomic E-state index is 14.2. The Kier molecular flexibility index (Phi) is 8.11. The molecule has 0 aromatic heterocycles. The molecule has 2 N–H and O–H groups in total. The molecular weight excluding hydrogens is 500 g/mol. The monoisotopic (exact) mass is 548 g/mol. The second-order valence-corrected chi connectivity index (χ2v) is 19.2. The molecule has 0 atom stereocenters. The number of sulfone groups is 1. The Morgan fingerprint density at radius 1 is 0.541 bits per heavy atom. The van der Waals surface area contributed by atoms with E-state index < -0.39 is 24.7 Å². The Bertz CT molecular complexity index is 1200. The first-order valence-corrected chi connectivity index (χ1v) is 15.2. The van der Waals surface area contributed by atoms with Crippen molar-refractivity contribution in [2.75, 3.05) is 0 Å². The lowest BCUT2D eigenvalue weighted by molar-refractivity contribution is 0.421. The van der Waals surface area contributed by atoms with Crippen LogP contribution >= 0.6 is 11.8 Å². The summed E-state index contributed by atoms with van der Waals surface area (Å²) in [6.45, 7) is 27.6. The van der Waals surface area contributed by atoms with Gasteiger partial charge in [0, 0.05) is 27.1 Å². The van der Waals surface area contributed by atoms with E-state index in [2.05, 4.69) is 0 Å². The van der Waals surface area contributed by atoms with Crippen LogP contribution in [0.2, 0.25) is 0 Å². The fourth-order valence-electron chi connectivity index (χ4n) is 4.34. The predicted molar refractivity (Wildman–Crippen MR) is 158 cm³/mol. The molecule has 0 saturated carbocycles. The fourth-order valence-corrected chi connectivity index (χ4v) is 7.39. The van der Waals surface area contributed by atoms with Gasteiger partial charge in [0.2, 0.25) is 0 Å². The van der Waals surface area contributed by atoms with Crippen molar-refractivity contribution in [3.8, 4) is 11.5 Å². The minimum atomic E-state index is -3.84. The molecule has 0 unspecified atom stereocenters. The molecule has 0 spiro atoms. The van der Waals surface area contributed by atoms with Crippen molar-refractivity contribution < 1.29 is 18.6 Å². The van der Waals surface area contributed by atoms with Crippen molar-refractivity contribution in [3.63, 3.8) is 0 Å². The highest BCUT2D eigenvalue weighted by Crippen LogP contribution is 2.48. The molecule has 0 aliphatic heterocycles. The van der Waals surface area contributed by atoms with Crippen molar-refractivity contribution in [2.45, 2.75) is 132 Å². The number of thioether (sulfide) groups is 1. The molecule has 0 amide bonds. The summed E-state index contributed by atoms with van der Waals surface area (Å²) in [6, 6.07) is 7.12. The summed E-state index contributed by atoms with van der Waals surface area (Å²) < 4.78 is 27.2. The fraction of sp³-hybridized carbons (Fsp3) is 0.613. The predicted octanol–water partition coefficient (Wildman–Crippen LogP) is 8.59.